The fraction of sp³-hybridized carbons (Fsp3) is 0. The van der Waals surface area contributed by atoms with Crippen molar-refractivity contribution in [3.63, 3.8) is 0 Å². The van der Waals surface area contributed by atoms with E-state index in [9.17, 15) is 9.59 Å². The number of nitrogens with one attached hydrogen (secondary N) is 1. The zero-order valence-corrected chi connectivity index (χ0v) is 15.1. The maximum Gasteiger partial charge on any atom is 0.279 e. The van der Waals surface area contributed by atoms with Gasteiger partial charge in [-0.15, -0.1) is 0 Å². The van der Waals surface area contributed by atoms with Gasteiger partial charge in [-0.3, -0.25) is 15.0 Å². The molecule has 0 radical (unpaired) electrons. The fourth-order valence-electron chi connectivity index (χ4n) is 3.00. The minimum atomic E-state index is -0.414. The summed E-state index contributed by atoms with van der Waals surface area (Å²) in [6, 6.07) is 31.2. The van der Waals surface area contributed by atoms with E-state index in [2.05, 4.69) is 5.43 Å². The topological polar surface area (TPSA) is 49.4 Å². The van der Waals surface area contributed by atoms with Crippen molar-refractivity contribution >= 4 is 28.3 Å². The Hall–Kier alpha value is -3.92. The molecular weight excluding hydrogens is 348 g/mol. The van der Waals surface area contributed by atoms with Gasteiger partial charge in [0.2, 0.25) is 0 Å². The van der Waals surface area contributed by atoms with E-state index in [4.69, 9.17) is 0 Å². The van der Waals surface area contributed by atoms with Gasteiger partial charge in [0.15, 0.2) is 0 Å². The molecule has 0 spiro atoms. The molecule has 0 aliphatic carbocycles. The van der Waals surface area contributed by atoms with Gasteiger partial charge in [0.05, 0.1) is 5.69 Å². The normalized spacial score (nSPS) is 10.4. The van der Waals surface area contributed by atoms with Gasteiger partial charge in [0.1, 0.15) is 0 Å². The van der Waals surface area contributed by atoms with Crippen molar-refractivity contribution in [2.75, 3.05) is 5.43 Å². The van der Waals surface area contributed by atoms with Gasteiger partial charge in [-0.2, -0.15) is 5.01 Å². The summed E-state index contributed by atoms with van der Waals surface area (Å²) in [5.41, 5.74) is 4.52. The number of nitrogens with zero attached hydrogens (tertiary/aromatic N) is 1. The smallest absolute Gasteiger partial charge is 0.279 e. The molecule has 0 atom stereocenters. The second-order valence-corrected chi connectivity index (χ2v) is 6.35. The molecule has 0 saturated heterocycles. The van der Waals surface area contributed by atoms with E-state index in [0.29, 0.717) is 16.8 Å². The molecule has 4 rings (SSSR count). The number of rotatable bonds is 4. The first kappa shape index (κ1) is 17.5. The maximum absolute atomic E-state index is 13.1. The first-order chi connectivity index (χ1) is 13.7. The van der Waals surface area contributed by atoms with E-state index in [0.717, 1.165) is 15.8 Å². The lowest BCUT2D eigenvalue weighted by Crippen LogP contribution is -2.41. The van der Waals surface area contributed by atoms with Crippen LogP contribution in [-0.2, 0) is 0 Å². The third-order valence-electron chi connectivity index (χ3n) is 4.44. The Balaban J connectivity index is 1.71. The summed E-state index contributed by atoms with van der Waals surface area (Å²) in [5.74, 6) is -0.828. The van der Waals surface area contributed by atoms with Crippen LogP contribution in [0.25, 0.3) is 10.8 Å². The van der Waals surface area contributed by atoms with Gasteiger partial charge in [-0.1, -0.05) is 66.7 Å². The number of carbonyl (C=O) groups excluding carboxylic acids is 2. The summed E-state index contributed by atoms with van der Waals surface area (Å²) < 4.78 is 0. The molecular formula is C24H18N2O2. The van der Waals surface area contributed by atoms with Crippen LogP contribution in [-0.4, -0.2) is 16.8 Å². The van der Waals surface area contributed by atoms with Gasteiger partial charge >= 0.3 is 0 Å². The first-order valence-corrected chi connectivity index (χ1v) is 8.97. The van der Waals surface area contributed by atoms with Gasteiger partial charge < -0.3 is 0 Å². The van der Waals surface area contributed by atoms with Crippen molar-refractivity contribution in [1.82, 2.24) is 5.01 Å². The van der Waals surface area contributed by atoms with Gasteiger partial charge in [-0.05, 0) is 47.2 Å². The minimum Gasteiger partial charge on any atom is -0.288 e. The van der Waals surface area contributed by atoms with Crippen LogP contribution in [0.4, 0.5) is 5.69 Å². The molecule has 0 aliphatic heterocycles. The molecule has 4 heteroatoms. The highest BCUT2D eigenvalue weighted by molar-refractivity contribution is 6.11. The van der Waals surface area contributed by atoms with Crippen LogP contribution >= 0.6 is 0 Å². The highest BCUT2D eigenvalue weighted by atomic mass is 16.2. The van der Waals surface area contributed by atoms with E-state index >= 15 is 0 Å². The number of hydrogen-bond donors (Lipinski definition) is 1. The standard InChI is InChI=1S/C24H18N2O2/c27-23(19-10-3-1-4-11-19)26(24(28)20-12-5-2-6-13-20)25-22-16-15-18-9-7-8-14-21(18)17-22/h1-17,25H. The number of carbonyl (C=O) groups is 2. The molecule has 28 heavy (non-hydrogen) atoms. The van der Waals surface area contributed by atoms with Crippen LogP contribution in [0.3, 0.4) is 0 Å². The quantitative estimate of drug-likeness (QED) is 0.401. The van der Waals surface area contributed by atoms with E-state index < -0.39 is 11.8 Å². The molecule has 0 unspecified atom stereocenters. The van der Waals surface area contributed by atoms with Crippen LogP contribution in [0, 0.1) is 0 Å². The number of benzene rings is 4. The molecule has 4 nitrogen and oxygen atoms in total. The molecule has 4 aromatic rings. The van der Waals surface area contributed by atoms with Crippen molar-refractivity contribution < 1.29 is 9.59 Å². The van der Waals surface area contributed by atoms with Crippen LogP contribution in [0.15, 0.2) is 103 Å². The summed E-state index contributed by atoms with van der Waals surface area (Å²) in [6.45, 7) is 0. The molecule has 0 aliphatic rings. The van der Waals surface area contributed by atoms with E-state index in [1.54, 1.807) is 48.5 Å². The fourth-order valence-corrected chi connectivity index (χ4v) is 3.00. The van der Waals surface area contributed by atoms with Crippen molar-refractivity contribution in [2.45, 2.75) is 0 Å². The predicted molar refractivity (Wildman–Crippen MR) is 111 cm³/mol. The second kappa shape index (κ2) is 7.76. The minimum absolute atomic E-state index is 0.414. The Bertz CT molecular complexity index is 1070. The largest absolute Gasteiger partial charge is 0.288 e. The van der Waals surface area contributed by atoms with Gasteiger partial charge in [0.25, 0.3) is 11.8 Å². The van der Waals surface area contributed by atoms with E-state index in [-0.39, 0.29) is 0 Å². The van der Waals surface area contributed by atoms with Crippen molar-refractivity contribution in [2.24, 2.45) is 0 Å². The Morgan fingerprint density at radius 1 is 0.571 bits per heavy atom. The number of hydrazine groups is 1. The Morgan fingerprint density at radius 3 is 1.64 bits per heavy atom. The average molecular weight is 366 g/mol. The van der Waals surface area contributed by atoms with Crippen LogP contribution in [0.2, 0.25) is 0 Å². The molecule has 0 heterocycles. The zero-order valence-electron chi connectivity index (χ0n) is 15.1. The summed E-state index contributed by atoms with van der Waals surface area (Å²) >= 11 is 0. The SMILES string of the molecule is O=C(c1ccccc1)N(Nc1ccc2ccccc2c1)C(=O)c1ccccc1. The molecule has 0 bridgehead atoms. The number of hydrogen-bond acceptors (Lipinski definition) is 3. The third kappa shape index (κ3) is 3.62. The monoisotopic (exact) mass is 366 g/mol. The summed E-state index contributed by atoms with van der Waals surface area (Å²) in [7, 11) is 0. The summed E-state index contributed by atoms with van der Waals surface area (Å²) in [6.07, 6.45) is 0. The Kier molecular flexibility index (Phi) is 4.85. The molecule has 0 fully saturated rings. The predicted octanol–water partition coefficient (Wildman–Crippen LogP) is 5.15. The van der Waals surface area contributed by atoms with Crippen molar-refractivity contribution in [3.05, 3.63) is 114 Å². The molecule has 2 amide bonds. The number of amides is 2. The molecule has 1 N–H and O–H groups in total. The number of fused-ring (bicyclic) bond motifs is 1. The maximum atomic E-state index is 13.1. The van der Waals surface area contributed by atoms with Crippen LogP contribution in [0.1, 0.15) is 20.7 Å². The average Bonchev–Trinajstić information content (AvgIpc) is 2.77. The van der Waals surface area contributed by atoms with Crippen LogP contribution in [0.5, 0.6) is 0 Å². The molecule has 4 aromatic carbocycles. The van der Waals surface area contributed by atoms with E-state index in [1.807, 2.05) is 54.6 Å². The Labute approximate surface area is 163 Å². The van der Waals surface area contributed by atoms with E-state index in [1.165, 1.54) is 0 Å². The molecule has 136 valence electrons. The lowest BCUT2D eigenvalue weighted by atomic mass is 10.1. The Morgan fingerprint density at radius 2 is 1.07 bits per heavy atom. The lowest BCUT2D eigenvalue weighted by Gasteiger charge is -2.23. The highest BCUT2D eigenvalue weighted by Crippen LogP contribution is 2.20. The van der Waals surface area contributed by atoms with Crippen molar-refractivity contribution in [3.8, 4) is 0 Å². The summed E-state index contributed by atoms with van der Waals surface area (Å²) in [5, 5.41) is 3.17. The lowest BCUT2D eigenvalue weighted by molar-refractivity contribution is 0.0654. The summed E-state index contributed by atoms with van der Waals surface area (Å²) in [4.78, 5) is 26.1. The zero-order chi connectivity index (χ0) is 19.3. The molecule has 0 saturated carbocycles. The first-order valence-electron chi connectivity index (χ1n) is 8.97. The van der Waals surface area contributed by atoms with Crippen LogP contribution < -0.4 is 5.43 Å². The second-order valence-electron chi connectivity index (χ2n) is 6.35. The van der Waals surface area contributed by atoms with Crippen molar-refractivity contribution in [1.29, 1.82) is 0 Å². The number of anilines is 1. The molecule has 0 aromatic heterocycles. The third-order valence-corrected chi connectivity index (χ3v) is 4.44. The van der Waals surface area contributed by atoms with Gasteiger partial charge in [0, 0.05) is 11.1 Å². The highest BCUT2D eigenvalue weighted by Gasteiger charge is 2.24. The number of imide groups is 1. The van der Waals surface area contributed by atoms with Gasteiger partial charge in [-0.25, -0.2) is 0 Å².